The fraction of sp³-hybridized carbons (Fsp3) is 0.357. The molecule has 0 saturated carbocycles. The van der Waals surface area contributed by atoms with Gasteiger partial charge in [0.2, 0.25) is 0 Å². The van der Waals surface area contributed by atoms with Crippen LogP contribution in [0.25, 0.3) is 5.69 Å². The van der Waals surface area contributed by atoms with Gasteiger partial charge in [-0.15, -0.1) is 0 Å². The monoisotopic (exact) mass is 456 g/mol. The highest BCUT2D eigenvalue weighted by Gasteiger charge is 2.41. The first-order valence-electron chi connectivity index (χ1n) is 11.8. The molecule has 2 aromatic carbocycles. The molecule has 176 valence electrons. The zero-order valence-corrected chi connectivity index (χ0v) is 20.7. The average Bonchev–Trinajstić information content (AvgIpc) is 2.88. The minimum atomic E-state index is -0.530. The maximum atomic E-state index is 13.9. The van der Waals surface area contributed by atoms with Gasteiger partial charge in [0, 0.05) is 30.4 Å². The van der Waals surface area contributed by atoms with Crippen LogP contribution in [0.4, 0.5) is 11.4 Å². The Bertz CT molecular complexity index is 1410. The summed E-state index contributed by atoms with van der Waals surface area (Å²) in [6.07, 6.45) is 1.20. The number of Topliss-reactive ketones (excluding diaryl/α,β-unsaturated/α-hetero) is 1. The number of aromatic nitrogens is 2. The predicted molar refractivity (Wildman–Crippen MR) is 137 cm³/mol. The molecule has 0 radical (unpaired) electrons. The highest BCUT2D eigenvalue weighted by atomic mass is 16.1. The molecule has 1 aliphatic carbocycles. The van der Waals surface area contributed by atoms with Crippen molar-refractivity contribution in [3.8, 4) is 5.69 Å². The topological polar surface area (TPSA) is 68.1 Å². The van der Waals surface area contributed by atoms with Crippen LogP contribution in [0.1, 0.15) is 55.1 Å². The van der Waals surface area contributed by atoms with Crippen molar-refractivity contribution in [3.05, 3.63) is 86.5 Å². The second kappa shape index (κ2) is 7.76. The molecule has 2 aliphatic rings. The lowest BCUT2D eigenvalue weighted by Crippen LogP contribution is -2.33. The van der Waals surface area contributed by atoms with Gasteiger partial charge >= 0.3 is 0 Å². The Balaban J connectivity index is 1.76. The fourth-order valence-electron chi connectivity index (χ4n) is 5.35. The van der Waals surface area contributed by atoms with Crippen LogP contribution < -0.4 is 16.2 Å². The summed E-state index contributed by atoms with van der Waals surface area (Å²) in [5, 5.41) is 7.19. The number of nitrogens with one attached hydrogen (secondary N) is 2. The fourth-order valence-corrected chi connectivity index (χ4v) is 5.35. The van der Waals surface area contributed by atoms with E-state index in [1.54, 1.807) is 4.68 Å². The highest BCUT2D eigenvalue weighted by Crippen LogP contribution is 2.46. The molecule has 6 heteroatoms. The Morgan fingerprint density at radius 2 is 1.59 bits per heavy atom. The minimum absolute atomic E-state index is 0.0893. The van der Waals surface area contributed by atoms with Crippen molar-refractivity contribution in [3.63, 3.8) is 0 Å². The van der Waals surface area contributed by atoms with E-state index in [0.29, 0.717) is 17.6 Å². The summed E-state index contributed by atoms with van der Waals surface area (Å²) in [7, 11) is 1.89. The van der Waals surface area contributed by atoms with E-state index in [1.165, 1.54) is 5.56 Å². The lowest BCUT2D eigenvalue weighted by atomic mass is 9.73. The van der Waals surface area contributed by atoms with Crippen molar-refractivity contribution in [2.24, 2.45) is 12.5 Å². The zero-order valence-electron chi connectivity index (χ0n) is 20.7. The first kappa shape index (κ1) is 22.3. The number of anilines is 2. The first-order valence-corrected chi connectivity index (χ1v) is 11.8. The number of aryl methyl sites for hydroxylation is 2. The molecule has 0 saturated heterocycles. The van der Waals surface area contributed by atoms with Gasteiger partial charge in [-0.05, 0) is 68.0 Å². The lowest BCUT2D eigenvalue weighted by molar-refractivity contribution is -0.118. The van der Waals surface area contributed by atoms with Gasteiger partial charge < -0.3 is 10.6 Å². The van der Waals surface area contributed by atoms with Crippen LogP contribution in [0.2, 0.25) is 0 Å². The van der Waals surface area contributed by atoms with E-state index in [1.807, 2.05) is 49.0 Å². The average molecular weight is 457 g/mol. The smallest absolute Gasteiger partial charge is 0.277 e. The molecule has 2 heterocycles. The van der Waals surface area contributed by atoms with Crippen molar-refractivity contribution < 1.29 is 4.79 Å². The van der Waals surface area contributed by atoms with Crippen LogP contribution in [0, 0.1) is 26.2 Å². The molecule has 34 heavy (non-hydrogen) atoms. The summed E-state index contributed by atoms with van der Waals surface area (Å²) in [6, 6.07) is 13.3. The second-order valence-electron chi connectivity index (χ2n) is 10.5. The number of hydrogen-bond acceptors (Lipinski definition) is 4. The number of carbonyl (C=O) groups excluding carboxylic acids is 1. The Morgan fingerprint density at radius 1 is 0.941 bits per heavy atom. The molecule has 6 nitrogen and oxygen atoms in total. The summed E-state index contributed by atoms with van der Waals surface area (Å²) in [6.45, 7) is 10.4. The third-order valence-corrected chi connectivity index (χ3v) is 7.32. The van der Waals surface area contributed by atoms with E-state index in [4.69, 9.17) is 0 Å². The third kappa shape index (κ3) is 3.49. The number of carbonyl (C=O) groups is 1. The van der Waals surface area contributed by atoms with Gasteiger partial charge in [0.05, 0.1) is 28.7 Å². The molecule has 1 aromatic heterocycles. The molecule has 0 amide bonds. The molecule has 0 fully saturated rings. The largest absolute Gasteiger partial charge is 0.372 e. The summed E-state index contributed by atoms with van der Waals surface area (Å²) in [5.41, 5.74) is 7.76. The van der Waals surface area contributed by atoms with Crippen molar-refractivity contribution >= 4 is 17.2 Å². The molecule has 0 bridgehead atoms. The number of ketones is 1. The molecular formula is C28H32N4O2. The molecule has 2 N–H and O–H groups in total. The Hall–Kier alpha value is -3.54. The molecule has 1 aliphatic heterocycles. The van der Waals surface area contributed by atoms with E-state index in [2.05, 4.69) is 50.5 Å². The Kier molecular flexibility index (Phi) is 5.08. The van der Waals surface area contributed by atoms with E-state index >= 15 is 0 Å². The van der Waals surface area contributed by atoms with E-state index in [9.17, 15) is 9.59 Å². The molecule has 5 rings (SSSR count). The standard InChI is InChI=1S/C28H32N4O2/c1-16-12-20-21(13-17(16)2)30-26(25-22(29-20)14-28(4,5)15-23(25)33)24-18(3)31(6)32(27(24)34)19-10-8-7-9-11-19/h7-13,26,29-30H,14-15H2,1-6H3/t26-/m1/s1. The van der Waals surface area contributed by atoms with Crippen LogP contribution in [-0.2, 0) is 11.8 Å². The van der Waals surface area contributed by atoms with E-state index < -0.39 is 6.04 Å². The van der Waals surface area contributed by atoms with Crippen LogP contribution >= 0.6 is 0 Å². The van der Waals surface area contributed by atoms with Gasteiger partial charge in [-0.1, -0.05) is 32.0 Å². The van der Waals surface area contributed by atoms with Crippen LogP contribution in [0.5, 0.6) is 0 Å². The van der Waals surface area contributed by atoms with Crippen LogP contribution in [0.15, 0.2) is 58.5 Å². The number of para-hydroxylation sites is 1. The van der Waals surface area contributed by atoms with Gasteiger partial charge in [-0.2, -0.15) is 0 Å². The van der Waals surface area contributed by atoms with Gasteiger partial charge in [0.25, 0.3) is 5.56 Å². The highest BCUT2D eigenvalue weighted by molar-refractivity contribution is 6.01. The number of rotatable bonds is 2. The number of benzene rings is 2. The summed E-state index contributed by atoms with van der Waals surface area (Å²) < 4.78 is 3.56. The molecule has 1 atom stereocenters. The van der Waals surface area contributed by atoms with E-state index in [-0.39, 0.29) is 16.8 Å². The van der Waals surface area contributed by atoms with E-state index in [0.717, 1.165) is 40.4 Å². The predicted octanol–water partition coefficient (Wildman–Crippen LogP) is 5.32. The van der Waals surface area contributed by atoms with Crippen molar-refractivity contribution in [2.45, 2.75) is 53.5 Å². The SMILES string of the molecule is Cc1cc2c(cc1C)N[C@H](c1c(C)n(C)n(-c3ccccc3)c1=O)C1=C(CC(C)(C)CC1=O)N2. The van der Waals surface area contributed by atoms with Gasteiger partial charge in [0.1, 0.15) is 0 Å². The maximum Gasteiger partial charge on any atom is 0.277 e. The summed E-state index contributed by atoms with van der Waals surface area (Å²) >= 11 is 0. The number of fused-ring (bicyclic) bond motifs is 1. The molecule has 0 unspecified atom stereocenters. The molecule has 3 aromatic rings. The number of hydrogen-bond donors (Lipinski definition) is 2. The Labute approximate surface area is 200 Å². The van der Waals surface area contributed by atoms with Crippen LogP contribution in [0.3, 0.4) is 0 Å². The molecular weight excluding hydrogens is 424 g/mol. The van der Waals surface area contributed by atoms with Gasteiger partial charge in [-0.3, -0.25) is 14.3 Å². The van der Waals surface area contributed by atoms with Crippen molar-refractivity contribution in [1.29, 1.82) is 0 Å². The third-order valence-electron chi connectivity index (χ3n) is 7.32. The first-order chi connectivity index (χ1) is 16.1. The maximum absolute atomic E-state index is 13.9. The second-order valence-corrected chi connectivity index (χ2v) is 10.5. The number of allylic oxidation sites excluding steroid dienone is 1. The normalized spacial score (nSPS) is 19.1. The number of nitrogens with zero attached hydrogens (tertiary/aromatic N) is 2. The van der Waals surface area contributed by atoms with Crippen LogP contribution in [-0.4, -0.2) is 15.1 Å². The summed E-state index contributed by atoms with van der Waals surface area (Å²) in [4.78, 5) is 27.5. The van der Waals surface area contributed by atoms with Crippen molar-refractivity contribution in [1.82, 2.24) is 9.36 Å². The van der Waals surface area contributed by atoms with Crippen molar-refractivity contribution in [2.75, 3.05) is 10.6 Å². The van der Waals surface area contributed by atoms with Gasteiger partial charge in [0.15, 0.2) is 5.78 Å². The zero-order chi connectivity index (χ0) is 24.4. The Morgan fingerprint density at radius 3 is 2.26 bits per heavy atom. The lowest BCUT2D eigenvalue weighted by Gasteiger charge is -2.33. The molecule has 0 spiro atoms. The summed E-state index contributed by atoms with van der Waals surface area (Å²) in [5.74, 6) is 0.0893. The van der Waals surface area contributed by atoms with Gasteiger partial charge in [-0.25, -0.2) is 4.68 Å². The minimum Gasteiger partial charge on any atom is -0.372 e. The quantitative estimate of drug-likeness (QED) is 0.547.